The van der Waals surface area contributed by atoms with Gasteiger partial charge in [0.05, 0.1) is 22.0 Å². The fourth-order valence-corrected chi connectivity index (χ4v) is 7.18. The molecule has 0 spiro atoms. The fraction of sp³-hybridized carbons (Fsp3) is 0.429. The van der Waals surface area contributed by atoms with E-state index in [2.05, 4.69) is 4.72 Å². The first-order chi connectivity index (χ1) is 13.6. The van der Waals surface area contributed by atoms with Crippen LogP contribution in [0.2, 0.25) is 0 Å². The zero-order valence-corrected chi connectivity index (χ0v) is 19.0. The third-order valence-corrected chi connectivity index (χ3v) is 8.85. The first-order valence-electron chi connectivity index (χ1n) is 9.80. The van der Waals surface area contributed by atoms with Crippen LogP contribution in [-0.2, 0) is 26.5 Å². The summed E-state index contributed by atoms with van der Waals surface area (Å²) >= 11 is 0. The minimum Gasteiger partial charge on any atom is -0.279 e. The van der Waals surface area contributed by atoms with Gasteiger partial charge in [-0.25, -0.2) is 16.8 Å². The molecular weight excluding hydrogens is 408 g/mol. The number of anilines is 2. The van der Waals surface area contributed by atoms with Crippen molar-refractivity contribution < 1.29 is 16.8 Å². The molecule has 1 aliphatic rings. The topological polar surface area (TPSA) is 83.6 Å². The van der Waals surface area contributed by atoms with Gasteiger partial charge >= 0.3 is 0 Å². The lowest BCUT2D eigenvalue weighted by molar-refractivity contribution is 0.574. The van der Waals surface area contributed by atoms with Gasteiger partial charge in [0.25, 0.3) is 10.0 Å². The predicted octanol–water partition coefficient (Wildman–Crippen LogP) is 3.91. The average molecular weight is 437 g/mol. The zero-order chi connectivity index (χ0) is 21.4. The van der Waals surface area contributed by atoms with Crippen molar-refractivity contribution in [2.24, 2.45) is 0 Å². The maximum atomic E-state index is 13.2. The molecule has 1 N–H and O–H groups in total. The predicted molar refractivity (Wildman–Crippen MR) is 118 cm³/mol. The Morgan fingerprint density at radius 1 is 1.03 bits per heavy atom. The summed E-state index contributed by atoms with van der Waals surface area (Å²) in [4.78, 5) is 0.195. The summed E-state index contributed by atoms with van der Waals surface area (Å²) in [6, 6.07) is 9.01. The highest BCUT2D eigenvalue weighted by Crippen LogP contribution is 2.32. The fourth-order valence-electron chi connectivity index (χ4n) is 3.93. The van der Waals surface area contributed by atoms with Crippen LogP contribution < -0.4 is 9.03 Å². The van der Waals surface area contributed by atoms with Crippen LogP contribution in [0.15, 0.2) is 35.2 Å². The van der Waals surface area contributed by atoms with Gasteiger partial charge in [0, 0.05) is 6.54 Å². The number of hydrogen-bond acceptors (Lipinski definition) is 4. The molecule has 1 fully saturated rings. The molecule has 0 aliphatic carbocycles. The number of hydrogen-bond donors (Lipinski definition) is 1. The number of para-hydroxylation sites is 1. The van der Waals surface area contributed by atoms with Crippen LogP contribution in [0.3, 0.4) is 0 Å². The van der Waals surface area contributed by atoms with E-state index in [1.165, 1.54) is 4.31 Å². The monoisotopic (exact) mass is 436 g/mol. The minimum absolute atomic E-state index is 0.125. The lowest BCUT2D eigenvalue weighted by Crippen LogP contribution is -2.38. The quantitative estimate of drug-likeness (QED) is 0.770. The molecule has 29 heavy (non-hydrogen) atoms. The van der Waals surface area contributed by atoms with Crippen LogP contribution in [0.1, 0.15) is 42.0 Å². The molecule has 0 radical (unpaired) electrons. The maximum absolute atomic E-state index is 13.2. The normalized spacial score (nSPS) is 16.6. The van der Waals surface area contributed by atoms with E-state index in [0.29, 0.717) is 41.9 Å². The van der Waals surface area contributed by atoms with Crippen molar-refractivity contribution in [3.05, 3.63) is 52.6 Å². The first-order valence-corrected chi connectivity index (χ1v) is 12.9. The average Bonchev–Trinajstić information content (AvgIpc) is 2.62. The van der Waals surface area contributed by atoms with E-state index < -0.39 is 20.0 Å². The van der Waals surface area contributed by atoms with Crippen molar-refractivity contribution in [2.75, 3.05) is 21.3 Å². The van der Waals surface area contributed by atoms with Crippen LogP contribution in [0.4, 0.5) is 11.4 Å². The smallest absolute Gasteiger partial charge is 0.262 e. The zero-order valence-electron chi connectivity index (χ0n) is 17.3. The van der Waals surface area contributed by atoms with E-state index >= 15 is 0 Å². The lowest BCUT2D eigenvalue weighted by atomic mass is 10.1. The second-order valence-corrected chi connectivity index (χ2v) is 11.2. The molecule has 1 aliphatic heterocycles. The van der Waals surface area contributed by atoms with Gasteiger partial charge in [-0.05, 0) is 74.4 Å². The van der Waals surface area contributed by atoms with Gasteiger partial charge < -0.3 is 0 Å². The van der Waals surface area contributed by atoms with E-state index in [9.17, 15) is 16.8 Å². The molecule has 0 saturated carbocycles. The van der Waals surface area contributed by atoms with Crippen molar-refractivity contribution in [3.8, 4) is 0 Å². The molecule has 8 heteroatoms. The van der Waals surface area contributed by atoms with Crippen LogP contribution in [0.25, 0.3) is 0 Å². The van der Waals surface area contributed by atoms with Crippen molar-refractivity contribution >= 4 is 31.4 Å². The molecule has 3 rings (SSSR count). The van der Waals surface area contributed by atoms with Crippen molar-refractivity contribution in [1.82, 2.24) is 0 Å². The molecule has 2 aromatic rings. The SMILES string of the molecule is CCc1cccc(C)c1NS(=O)(=O)c1c(C)cc(N2CCCCS2(=O)=O)cc1C. The summed E-state index contributed by atoms with van der Waals surface area (Å²) in [5.74, 6) is 0.125. The highest BCUT2D eigenvalue weighted by Gasteiger charge is 2.28. The third kappa shape index (κ3) is 4.28. The standard InChI is InChI=1S/C21H28N2O4S2/c1-5-18-10-8-9-15(2)20(18)22-29(26,27)21-16(3)13-19(14-17(21)4)23-11-6-7-12-28(23,24)25/h8-10,13-14,22H,5-7,11-12H2,1-4H3. The maximum Gasteiger partial charge on any atom is 0.262 e. The first kappa shape index (κ1) is 21.6. The molecule has 0 unspecified atom stereocenters. The number of nitrogens with zero attached hydrogens (tertiary/aromatic N) is 1. The Bertz CT molecular complexity index is 1120. The molecule has 0 atom stereocenters. The largest absolute Gasteiger partial charge is 0.279 e. The van der Waals surface area contributed by atoms with Crippen LogP contribution in [0.5, 0.6) is 0 Å². The van der Waals surface area contributed by atoms with E-state index in [1.54, 1.807) is 26.0 Å². The van der Waals surface area contributed by atoms with Crippen molar-refractivity contribution in [3.63, 3.8) is 0 Å². The molecular formula is C21H28N2O4S2. The number of nitrogens with one attached hydrogen (secondary N) is 1. The van der Waals surface area contributed by atoms with Gasteiger partial charge in [-0.1, -0.05) is 25.1 Å². The number of aryl methyl sites for hydroxylation is 4. The van der Waals surface area contributed by atoms with Gasteiger partial charge in [0.2, 0.25) is 10.0 Å². The Balaban J connectivity index is 2.03. The van der Waals surface area contributed by atoms with Gasteiger partial charge in [0.15, 0.2) is 0 Å². The molecule has 0 aromatic heterocycles. The number of sulfonamides is 2. The van der Waals surface area contributed by atoms with Crippen molar-refractivity contribution in [2.45, 2.75) is 51.9 Å². The lowest BCUT2D eigenvalue weighted by Gasteiger charge is -2.29. The Morgan fingerprint density at radius 2 is 1.69 bits per heavy atom. The summed E-state index contributed by atoms with van der Waals surface area (Å²) in [6.07, 6.45) is 2.17. The summed E-state index contributed by atoms with van der Waals surface area (Å²) in [6.45, 7) is 7.70. The number of benzene rings is 2. The van der Waals surface area contributed by atoms with E-state index in [-0.39, 0.29) is 10.6 Å². The van der Waals surface area contributed by atoms with Crippen LogP contribution >= 0.6 is 0 Å². The van der Waals surface area contributed by atoms with E-state index in [1.807, 2.05) is 32.0 Å². The third-order valence-electron chi connectivity index (χ3n) is 5.33. The van der Waals surface area contributed by atoms with Gasteiger partial charge in [-0.3, -0.25) is 9.03 Å². The van der Waals surface area contributed by atoms with Gasteiger partial charge in [0.1, 0.15) is 0 Å². The molecule has 1 saturated heterocycles. The van der Waals surface area contributed by atoms with Gasteiger partial charge in [-0.2, -0.15) is 0 Å². The molecule has 0 bridgehead atoms. The molecule has 0 amide bonds. The summed E-state index contributed by atoms with van der Waals surface area (Å²) < 4.78 is 55.5. The second kappa shape index (κ2) is 7.99. The van der Waals surface area contributed by atoms with Crippen molar-refractivity contribution in [1.29, 1.82) is 0 Å². The Labute approximate surface area is 174 Å². The molecule has 6 nitrogen and oxygen atoms in total. The Hall–Kier alpha value is -2.06. The Morgan fingerprint density at radius 3 is 2.28 bits per heavy atom. The van der Waals surface area contributed by atoms with Crippen LogP contribution in [0, 0.1) is 20.8 Å². The second-order valence-electron chi connectivity index (χ2n) is 7.57. The van der Waals surface area contributed by atoms with E-state index in [4.69, 9.17) is 0 Å². The summed E-state index contributed by atoms with van der Waals surface area (Å²) in [5.41, 5.74) is 3.99. The summed E-state index contributed by atoms with van der Waals surface area (Å²) in [5, 5.41) is 0. The molecule has 2 aromatic carbocycles. The molecule has 1 heterocycles. The summed E-state index contributed by atoms with van der Waals surface area (Å²) in [7, 11) is -7.18. The Kier molecular flexibility index (Phi) is 5.96. The van der Waals surface area contributed by atoms with Gasteiger partial charge in [-0.15, -0.1) is 0 Å². The highest BCUT2D eigenvalue weighted by atomic mass is 32.2. The van der Waals surface area contributed by atoms with E-state index in [0.717, 1.165) is 17.5 Å². The number of rotatable bonds is 5. The van der Waals surface area contributed by atoms with Crippen LogP contribution in [-0.4, -0.2) is 29.1 Å². The highest BCUT2D eigenvalue weighted by molar-refractivity contribution is 7.93. The minimum atomic E-state index is -3.82. The molecule has 158 valence electrons.